The van der Waals surface area contributed by atoms with Crippen LogP contribution in [0.5, 0.6) is 0 Å². The zero-order valence-electron chi connectivity index (χ0n) is 14.9. The van der Waals surface area contributed by atoms with E-state index in [1.807, 2.05) is 35.0 Å². The van der Waals surface area contributed by atoms with Crippen molar-refractivity contribution in [2.45, 2.75) is 32.2 Å². The number of carbonyl (C=O) groups excluding carboxylic acids is 1. The number of rotatable bonds is 4. The SMILES string of the molecule is C[C@H](NC(=O)c1nn(-c2ccccc2)c2c1CCC2)c1ccc(F)cc1F. The van der Waals surface area contributed by atoms with Crippen LogP contribution in [0.2, 0.25) is 0 Å². The first-order chi connectivity index (χ1) is 13.0. The van der Waals surface area contributed by atoms with Crippen LogP contribution in [0.1, 0.15) is 46.7 Å². The highest BCUT2D eigenvalue weighted by Gasteiger charge is 2.28. The zero-order valence-corrected chi connectivity index (χ0v) is 14.9. The summed E-state index contributed by atoms with van der Waals surface area (Å²) >= 11 is 0. The monoisotopic (exact) mass is 367 g/mol. The Morgan fingerprint density at radius 1 is 1.15 bits per heavy atom. The molecular formula is C21H19F2N3O. The molecule has 0 saturated carbocycles. The van der Waals surface area contributed by atoms with Gasteiger partial charge in [0.1, 0.15) is 11.6 Å². The maximum Gasteiger partial charge on any atom is 0.272 e. The van der Waals surface area contributed by atoms with E-state index in [0.29, 0.717) is 5.69 Å². The molecular weight excluding hydrogens is 348 g/mol. The van der Waals surface area contributed by atoms with Gasteiger partial charge >= 0.3 is 0 Å². The van der Waals surface area contributed by atoms with Gasteiger partial charge in [-0.2, -0.15) is 5.10 Å². The van der Waals surface area contributed by atoms with Gasteiger partial charge in [0.2, 0.25) is 0 Å². The maximum atomic E-state index is 14.0. The lowest BCUT2D eigenvalue weighted by molar-refractivity contribution is 0.0933. The molecule has 1 heterocycles. The summed E-state index contributed by atoms with van der Waals surface area (Å²) in [6.07, 6.45) is 2.64. The molecule has 0 aliphatic heterocycles. The molecule has 1 aromatic heterocycles. The van der Waals surface area contributed by atoms with E-state index in [4.69, 9.17) is 0 Å². The van der Waals surface area contributed by atoms with Gasteiger partial charge in [-0.1, -0.05) is 24.3 Å². The summed E-state index contributed by atoms with van der Waals surface area (Å²) < 4.78 is 28.9. The van der Waals surface area contributed by atoms with Crippen LogP contribution in [0.15, 0.2) is 48.5 Å². The number of para-hydroxylation sites is 1. The topological polar surface area (TPSA) is 46.9 Å². The van der Waals surface area contributed by atoms with E-state index in [1.165, 1.54) is 12.1 Å². The van der Waals surface area contributed by atoms with E-state index in [1.54, 1.807) is 6.92 Å². The minimum Gasteiger partial charge on any atom is -0.344 e. The summed E-state index contributed by atoms with van der Waals surface area (Å²) in [7, 11) is 0. The van der Waals surface area contributed by atoms with Gasteiger partial charge in [-0.15, -0.1) is 0 Å². The van der Waals surface area contributed by atoms with Gasteiger partial charge < -0.3 is 5.32 Å². The summed E-state index contributed by atoms with van der Waals surface area (Å²) in [5.74, 6) is -1.67. The molecule has 6 heteroatoms. The second-order valence-corrected chi connectivity index (χ2v) is 6.74. The first-order valence-electron chi connectivity index (χ1n) is 8.96. The maximum absolute atomic E-state index is 14.0. The lowest BCUT2D eigenvalue weighted by Crippen LogP contribution is -2.28. The lowest BCUT2D eigenvalue weighted by atomic mass is 10.1. The van der Waals surface area contributed by atoms with Crippen molar-refractivity contribution in [2.24, 2.45) is 0 Å². The van der Waals surface area contributed by atoms with Gasteiger partial charge in [0.05, 0.1) is 11.7 Å². The highest BCUT2D eigenvalue weighted by Crippen LogP contribution is 2.28. The van der Waals surface area contributed by atoms with Crippen molar-refractivity contribution in [1.82, 2.24) is 15.1 Å². The molecule has 1 aliphatic rings. The predicted octanol–water partition coefficient (Wildman–Crippen LogP) is 4.13. The fourth-order valence-corrected chi connectivity index (χ4v) is 3.60. The number of hydrogen-bond donors (Lipinski definition) is 1. The molecule has 0 spiro atoms. The molecule has 0 unspecified atom stereocenters. The lowest BCUT2D eigenvalue weighted by Gasteiger charge is -2.14. The van der Waals surface area contributed by atoms with Crippen LogP contribution in [0, 0.1) is 11.6 Å². The van der Waals surface area contributed by atoms with Crippen LogP contribution in [0.25, 0.3) is 5.69 Å². The van der Waals surface area contributed by atoms with Crippen molar-refractivity contribution in [3.8, 4) is 5.69 Å². The number of amides is 1. The molecule has 2 aromatic carbocycles. The predicted molar refractivity (Wildman–Crippen MR) is 97.8 cm³/mol. The Morgan fingerprint density at radius 3 is 2.67 bits per heavy atom. The van der Waals surface area contributed by atoms with Crippen LogP contribution in [-0.2, 0) is 12.8 Å². The smallest absolute Gasteiger partial charge is 0.272 e. The molecule has 138 valence electrons. The van der Waals surface area contributed by atoms with E-state index in [0.717, 1.165) is 42.3 Å². The highest BCUT2D eigenvalue weighted by molar-refractivity contribution is 5.94. The van der Waals surface area contributed by atoms with E-state index >= 15 is 0 Å². The third-order valence-corrected chi connectivity index (χ3v) is 4.92. The molecule has 3 aromatic rings. The van der Waals surface area contributed by atoms with Crippen LogP contribution in [-0.4, -0.2) is 15.7 Å². The molecule has 1 N–H and O–H groups in total. The van der Waals surface area contributed by atoms with Crippen molar-refractivity contribution < 1.29 is 13.6 Å². The molecule has 1 aliphatic carbocycles. The fourth-order valence-electron chi connectivity index (χ4n) is 3.60. The summed E-state index contributed by atoms with van der Waals surface area (Å²) in [5, 5.41) is 7.33. The van der Waals surface area contributed by atoms with E-state index < -0.39 is 17.7 Å². The molecule has 0 saturated heterocycles. The number of fused-ring (bicyclic) bond motifs is 1. The molecule has 1 atom stereocenters. The molecule has 4 rings (SSSR count). The third kappa shape index (κ3) is 3.23. The Balaban J connectivity index is 1.63. The minimum atomic E-state index is -0.678. The van der Waals surface area contributed by atoms with Crippen molar-refractivity contribution >= 4 is 5.91 Å². The number of halogens is 2. The minimum absolute atomic E-state index is 0.240. The quantitative estimate of drug-likeness (QED) is 0.754. The van der Waals surface area contributed by atoms with Crippen molar-refractivity contribution in [3.63, 3.8) is 0 Å². The van der Waals surface area contributed by atoms with E-state index in [-0.39, 0.29) is 11.5 Å². The van der Waals surface area contributed by atoms with Crippen LogP contribution >= 0.6 is 0 Å². The van der Waals surface area contributed by atoms with Gasteiger partial charge in [0.25, 0.3) is 5.91 Å². The molecule has 27 heavy (non-hydrogen) atoms. The van der Waals surface area contributed by atoms with Crippen LogP contribution < -0.4 is 5.32 Å². The first-order valence-corrected chi connectivity index (χ1v) is 8.96. The number of hydrogen-bond acceptors (Lipinski definition) is 2. The first kappa shape index (κ1) is 17.4. The summed E-state index contributed by atoms with van der Waals surface area (Å²) in [4.78, 5) is 12.8. The average molecular weight is 367 g/mol. The standard InChI is InChI=1S/C21H19F2N3O/c1-13(16-11-10-14(22)12-18(16)23)24-21(27)20-17-8-5-9-19(17)26(25-20)15-6-3-2-4-7-15/h2-4,6-7,10-13H,5,8-9H2,1H3,(H,24,27)/t13-/m0/s1. The summed E-state index contributed by atoms with van der Waals surface area (Å²) in [6.45, 7) is 1.67. The van der Waals surface area contributed by atoms with Crippen molar-refractivity contribution in [2.75, 3.05) is 0 Å². The second kappa shape index (κ2) is 6.95. The van der Waals surface area contributed by atoms with Crippen molar-refractivity contribution in [1.29, 1.82) is 0 Å². The largest absolute Gasteiger partial charge is 0.344 e. The van der Waals surface area contributed by atoms with E-state index in [9.17, 15) is 13.6 Å². The van der Waals surface area contributed by atoms with Gasteiger partial charge in [-0.3, -0.25) is 4.79 Å². The number of benzene rings is 2. The molecule has 0 bridgehead atoms. The van der Waals surface area contributed by atoms with Crippen LogP contribution in [0.3, 0.4) is 0 Å². The summed E-state index contributed by atoms with van der Waals surface area (Å²) in [5.41, 5.74) is 3.52. The van der Waals surface area contributed by atoms with E-state index in [2.05, 4.69) is 10.4 Å². The number of nitrogens with zero attached hydrogens (tertiary/aromatic N) is 2. The highest BCUT2D eigenvalue weighted by atomic mass is 19.1. The van der Waals surface area contributed by atoms with Gasteiger partial charge in [0, 0.05) is 22.9 Å². The average Bonchev–Trinajstić information content (AvgIpc) is 3.24. The number of aromatic nitrogens is 2. The molecule has 4 nitrogen and oxygen atoms in total. The Labute approximate surface area is 155 Å². The molecule has 0 radical (unpaired) electrons. The Kier molecular flexibility index (Phi) is 4.48. The molecule has 0 fully saturated rings. The Hall–Kier alpha value is -3.02. The fraction of sp³-hybridized carbons (Fsp3) is 0.238. The number of nitrogens with one attached hydrogen (secondary N) is 1. The third-order valence-electron chi connectivity index (χ3n) is 4.92. The Bertz CT molecular complexity index is 998. The normalized spacial score (nSPS) is 14.0. The van der Waals surface area contributed by atoms with Gasteiger partial charge in [0.15, 0.2) is 5.69 Å². The number of carbonyl (C=O) groups is 1. The molecule has 1 amide bonds. The van der Waals surface area contributed by atoms with Gasteiger partial charge in [-0.25, -0.2) is 13.5 Å². The van der Waals surface area contributed by atoms with Crippen molar-refractivity contribution in [3.05, 3.63) is 82.7 Å². The summed E-state index contributed by atoms with van der Waals surface area (Å²) in [6, 6.07) is 12.4. The van der Waals surface area contributed by atoms with Gasteiger partial charge in [-0.05, 0) is 44.4 Å². The second-order valence-electron chi connectivity index (χ2n) is 6.74. The Morgan fingerprint density at radius 2 is 1.93 bits per heavy atom. The zero-order chi connectivity index (χ0) is 19.0. The van der Waals surface area contributed by atoms with Crippen LogP contribution in [0.4, 0.5) is 8.78 Å².